The van der Waals surface area contributed by atoms with Crippen LogP contribution in [0.15, 0.2) is 0 Å². The zero-order chi connectivity index (χ0) is 12.1. The highest BCUT2D eigenvalue weighted by Gasteiger charge is 2.45. The predicted molar refractivity (Wildman–Crippen MR) is 66.8 cm³/mol. The molecule has 0 bridgehead atoms. The highest BCUT2D eigenvalue weighted by Crippen LogP contribution is 2.42. The molecule has 2 saturated heterocycles. The van der Waals surface area contributed by atoms with Gasteiger partial charge in [-0.25, -0.2) is 0 Å². The van der Waals surface area contributed by atoms with Gasteiger partial charge >= 0.3 is 0 Å². The molecule has 3 unspecified atom stereocenters. The van der Waals surface area contributed by atoms with E-state index in [9.17, 15) is 0 Å². The molecule has 0 amide bonds. The molecular weight excluding hydrogens is 216 g/mol. The molecule has 1 N–H and O–H groups in total. The monoisotopic (exact) mass is 242 g/mol. The molecule has 100 valence electrons. The van der Waals surface area contributed by atoms with Gasteiger partial charge in [-0.3, -0.25) is 0 Å². The van der Waals surface area contributed by atoms with Crippen LogP contribution in [0.5, 0.6) is 0 Å². The molecule has 3 atom stereocenters. The fourth-order valence-corrected chi connectivity index (χ4v) is 3.02. The molecule has 1 spiro atoms. The SMILES string of the molecule is CC1CCC2(CCC(CCCCCCO)O2)O1. The van der Waals surface area contributed by atoms with Gasteiger partial charge in [-0.15, -0.1) is 0 Å². The zero-order valence-corrected chi connectivity index (χ0v) is 11.0. The van der Waals surface area contributed by atoms with E-state index in [4.69, 9.17) is 14.6 Å². The predicted octanol–water partition coefficient (Wildman–Crippen LogP) is 3.00. The first-order valence-electron chi connectivity index (χ1n) is 7.21. The second-order valence-electron chi connectivity index (χ2n) is 5.58. The normalized spacial score (nSPS) is 37.1. The van der Waals surface area contributed by atoms with E-state index in [1.807, 2.05) is 0 Å². The lowest BCUT2D eigenvalue weighted by molar-refractivity contribution is -0.214. The smallest absolute Gasteiger partial charge is 0.169 e. The lowest BCUT2D eigenvalue weighted by atomic mass is 10.0. The summed E-state index contributed by atoms with van der Waals surface area (Å²) in [6.07, 6.45) is 10.9. The summed E-state index contributed by atoms with van der Waals surface area (Å²) in [5.41, 5.74) is 0. The molecule has 2 heterocycles. The minimum atomic E-state index is -0.213. The lowest BCUT2D eigenvalue weighted by Crippen LogP contribution is -2.28. The molecule has 2 rings (SSSR count). The van der Waals surface area contributed by atoms with Gasteiger partial charge in [0.2, 0.25) is 0 Å². The molecular formula is C14H26O3. The zero-order valence-electron chi connectivity index (χ0n) is 11.0. The van der Waals surface area contributed by atoms with Crippen LogP contribution in [0.2, 0.25) is 0 Å². The van der Waals surface area contributed by atoms with Crippen LogP contribution in [0.1, 0.15) is 64.7 Å². The van der Waals surface area contributed by atoms with Crippen molar-refractivity contribution in [2.45, 2.75) is 82.7 Å². The first kappa shape index (κ1) is 13.3. The Morgan fingerprint density at radius 1 is 1.06 bits per heavy atom. The Bertz CT molecular complexity index is 232. The van der Waals surface area contributed by atoms with Crippen LogP contribution in [0.3, 0.4) is 0 Å². The maximum absolute atomic E-state index is 8.70. The van der Waals surface area contributed by atoms with E-state index < -0.39 is 0 Å². The van der Waals surface area contributed by atoms with Crippen molar-refractivity contribution in [1.29, 1.82) is 0 Å². The van der Waals surface area contributed by atoms with Gasteiger partial charge in [0.15, 0.2) is 5.79 Å². The average Bonchev–Trinajstić information content (AvgIpc) is 2.87. The summed E-state index contributed by atoms with van der Waals surface area (Å²) in [5, 5.41) is 8.70. The third-order valence-electron chi connectivity index (χ3n) is 4.01. The number of hydrogen-bond donors (Lipinski definition) is 1. The summed E-state index contributed by atoms with van der Waals surface area (Å²) in [7, 11) is 0. The second-order valence-corrected chi connectivity index (χ2v) is 5.58. The van der Waals surface area contributed by atoms with E-state index in [2.05, 4.69) is 6.92 Å². The third kappa shape index (κ3) is 3.67. The minimum Gasteiger partial charge on any atom is -0.396 e. The molecule has 0 radical (unpaired) electrons. The average molecular weight is 242 g/mol. The van der Waals surface area contributed by atoms with Crippen molar-refractivity contribution in [3.8, 4) is 0 Å². The molecule has 2 aliphatic heterocycles. The number of rotatable bonds is 6. The Hall–Kier alpha value is -0.120. The Kier molecular flexibility index (Phi) is 4.83. The Labute approximate surface area is 104 Å². The minimum absolute atomic E-state index is 0.213. The summed E-state index contributed by atoms with van der Waals surface area (Å²) < 4.78 is 12.0. The maximum atomic E-state index is 8.70. The van der Waals surface area contributed by atoms with Crippen LogP contribution in [0, 0.1) is 0 Å². The number of unbranched alkanes of at least 4 members (excludes halogenated alkanes) is 3. The molecule has 3 heteroatoms. The molecule has 17 heavy (non-hydrogen) atoms. The number of aliphatic hydroxyl groups is 1. The first-order chi connectivity index (χ1) is 8.24. The molecule has 0 aromatic carbocycles. The van der Waals surface area contributed by atoms with Gasteiger partial charge in [0, 0.05) is 19.4 Å². The van der Waals surface area contributed by atoms with Gasteiger partial charge in [-0.1, -0.05) is 19.3 Å². The molecule has 0 aliphatic carbocycles. The van der Waals surface area contributed by atoms with Crippen molar-refractivity contribution < 1.29 is 14.6 Å². The van der Waals surface area contributed by atoms with Crippen molar-refractivity contribution in [3.63, 3.8) is 0 Å². The lowest BCUT2D eigenvalue weighted by Gasteiger charge is -2.24. The molecule has 0 aromatic heterocycles. The number of aliphatic hydroxyl groups excluding tert-OH is 1. The van der Waals surface area contributed by atoms with Gasteiger partial charge in [0.25, 0.3) is 0 Å². The van der Waals surface area contributed by atoms with Crippen molar-refractivity contribution in [2.75, 3.05) is 6.61 Å². The van der Waals surface area contributed by atoms with Crippen LogP contribution in [-0.4, -0.2) is 29.7 Å². The highest BCUT2D eigenvalue weighted by atomic mass is 16.7. The second kappa shape index (κ2) is 6.17. The molecule has 2 fully saturated rings. The summed E-state index contributed by atoms with van der Waals surface area (Å²) in [6, 6.07) is 0. The Morgan fingerprint density at radius 2 is 1.82 bits per heavy atom. The fourth-order valence-electron chi connectivity index (χ4n) is 3.02. The molecule has 0 aromatic rings. The maximum Gasteiger partial charge on any atom is 0.169 e. The van der Waals surface area contributed by atoms with Crippen LogP contribution in [0.25, 0.3) is 0 Å². The quantitative estimate of drug-likeness (QED) is 0.728. The summed E-state index contributed by atoms with van der Waals surface area (Å²) >= 11 is 0. The van der Waals surface area contributed by atoms with Crippen LogP contribution in [0.4, 0.5) is 0 Å². The van der Waals surface area contributed by atoms with E-state index in [1.165, 1.54) is 12.8 Å². The van der Waals surface area contributed by atoms with Gasteiger partial charge in [0.05, 0.1) is 12.2 Å². The molecule has 2 aliphatic rings. The number of hydrogen-bond acceptors (Lipinski definition) is 3. The van der Waals surface area contributed by atoms with Crippen molar-refractivity contribution in [2.24, 2.45) is 0 Å². The van der Waals surface area contributed by atoms with E-state index in [0.29, 0.717) is 18.8 Å². The number of ether oxygens (including phenoxy) is 2. The third-order valence-corrected chi connectivity index (χ3v) is 4.01. The van der Waals surface area contributed by atoms with Crippen molar-refractivity contribution in [3.05, 3.63) is 0 Å². The summed E-state index contributed by atoms with van der Waals surface area (Å²) in [4.78, 5) is 0. The van der Waals surface area contributed by atoms with Crippen LogP contribution in [-0.2, 0) is 9.47 Å². The standard InChI is InChI=1S/C14H26O3/c1-12-7-9-14(16-12)10-8-13(17-14)6-4-2-3-5-11-15/h12-13,15H,2-11H2,1H3. The van der Waals surface area contributed by atoms with Gasteiger partial charge < -0.3 is 14.6 Å². The Morgan fingerprint density at radius 3 is 2.53 bits per heavy atom. The first-order valence-corrected chi connectivity index (χ1v) is 7.21. The van der Waals surface area contributed by atoms with Gasteiger partial charge in [-0.05, 0) is 32.6 Å². The van der Waals surface area contributed by atoms with Crippen LogP contribution >= 0.6 is 0 Å². The van der Waals surface area contributed by atoms with Gasteiger partial charge in [-0.2, -0.15) is 0 Å². The summed E-state index contributed by atoms with van der Waals surface area (Å²) in [5.74, 6) is -0.213. The van der Waals surface area contributed by atoms with Crippen molar-refractivity contribution in [1.82, 2.24) is 0 Å². The molecule has 3 nitrogen and oxygen atoms in total. The van der Waals surface area contributed by atoms with Crippen LogP contribution < -0.4 is 0 Å². The molecule has 0 saturated carbocycles. The van der Waals surface area contributed by atoms with Gasteiger partial charge in [0.1, 0.15) is 0 Å². The summed E-state index contributed by atoms with van der Waals surface area (Å²) in [6.45, 7) is 2.47. The largest absolute Gasteiger partial charge is 0.396 e. The van der Waals surface area contributed by atoms with E-state index in [1.54, 1.807) is 0 Å². The topological polar surface area (TPSA) is 38.7 Å². The highest BCUT2D eigenvalue weighted by molar-refractivity contribution is 4.86. The van der Waals surface area contributed by atoms with E-state index in [0.717, 1.165) is 44.9 Å². The van der Waals surface area contributed by atoms with E-state index in [-0.39, 0.29) is 5.79 Å². The van der Waals surface area contributed by atoms with E-state index >= 15 is 0 Å². The Balaban J connectivity index is 1.61. The fraction of sp³-hybridized carbons (Fsp3) is 1.00. The van der Waals surface area contributed by atoms with Crippen molar-refractivity contribution >= 4 is 0 Å².